The number of amides is 1. The molecule has 0 saturated carbocycles. The Labute approximate surface area is 175 Å². The van der Waals surface area contributed by atoms with E-state index in [9.17, 15) is 18.0 Å². The van der Waals surface area contributed by atoms with E-state index in [1.807, 2.05) is 6.92 Å². The third kappa shape index (κ3) is 4.73. The predicted molar refractivity (Wildman–Crippen MR) is 113 cm³/mol. The second-order valence-electron chi connectivity index (χ2n) is 7.54. The third-order valence-electron chi connectivity index (χ3n) is 5.37. The van der Waals surface area contributed by atoms with E-state index in [2.05, 4.69) is 15.2 Å². The smallest absolute Gasteiger partial charge is 0.265 e. The molecule has 11 heteroatoms. The molecule has 0 aromatic carbocycles. The average Bonchev–Trinajstić information content (AvgIpc) is 3.06. The zero-order valence-electron chi connectivity index (χ0n) is 17.7. The molecule has 1 aliphatic rings. The van der Waals surface area contributed by atoms with Crippen LogP contribution < -0.4 is 10.9 Å². The van der Waals surface area contributed by atoms with Crippen molar-refractivity contribution in [3.8, 4) is 0 Å². The standard InChI is InChI=1S/C19H29N5O5S/c1-4-5-12-30(27,28)24-10-8-23(9-11-24)7-6-20-17(25)15-14(2)29-18-16(15)19(26)22(3)13-21-18/h13H,4-12H2,1-3H3,(H,20,25). The number of carbonyl (C=O) groups excluding carboxylic acids is 1. The second-order valence-corrected chi connectivity index (χ2v) is 9.63. The molecule has 166 valence electrons. The maximum Gasteiger partial charge on any atom is 0.265 e. The molecule has 0 radical (unpaired) electrons. The lowest BCUT2D eigenvalue weighted by Gasteiger charge is -2.34. The number of aromatic nitrogens is 2. The first-order valence-corrected chi connectivity index (χ1v) is 11.8. The van der Waals surface area contributed by atoms with Crippen molar-refractivity contribution in [2.24, 2.45) is 7.05 Å². The van der Waals surface area contributed by atoms with Crippen LogP contribution in [0.3, 0.4) is 0 Å². The fourth-order valence-corrected chi connectivity index (χ4v) is 5.19. The number of nitrogens with one attached hydrogen (secondary N) is 1. The monoisotopic (exact) mass is 439 g/mol. The number of hydrogen-bond donors (Lipinski definition) is 1. The summed E-state index contributed by atoms with van der Waals surface area (Å²) in [6.45, 7) is 6.77. The van der Waals surface area contributed by atoms with E-state index < -0.39 is 10.0 Å². The zero-order chi connectivity index (χ0) is 21.9. The van der Waals surface area contributed by atoms with Crippen LogP contribution in [0, 0.1) is 6.92 Å². The molecule has 0 spiro atoms. The first-order chi connectivity index (χ1) is 14.2. The Morgan fingerprint density at radius 1 is 1.27 bits per heavy atom. The summed E-state index contributed by atoms with van der Waals surface area (Å²) < 4.78 is 32.9. The average molecular weight is 440 g/mol. The Morgan fingerprint density at radius 2 is 1.97 bits per heavy atom. The van der Waals surface area contributed by atoms with Crippen LogP contribution in [0.5, 0.6) is 0 Å². The molecule has 0 bridgehead atoms. The van der Waals surface area contributed by atoms with Gasteiger partial charge in [-0.3, -0.25) is 14.5 Å². The molecule has 3 heterocycles. The summed E-state index contributed by atoms with van der Waals surface area (Å²) in [7, 11) is -1.61. The van der Waals surface area contributed by atoms with Crippen LogP contribution in [0.2, 0.25) is 0 Å². The van der Waals surface area contributed by atoms with Gasteiger partial charge in [0.05, 0.1) is 11.3 Å². The van der Waals surface area contributed by atoms with E-state index in [1.54, 1.807) is 18.3 Å². The Bertz CT molecular complexity index is 1070. The molecule has 1 amide bonds. The van der Waals surface area contributed by atoms with Crippen molar-refractivity contribution in [2.45, 2.75) is 26.7 Å². The Morgan fingerprint density at radius 3 is 2.63 bits per heavy atom. The highest BCUT2D eigenvalue weighted by molar-refractivity contribution is 7.89. The van der Waals surface area contributed by atoms with Gasteiger partial charge in [-0.1, -0.05) is 13.3 Å². The van der Waals surface area contributed by atoms with E-state index in [0.29, 0.717) is 51.4 Å². The molecule has 1 fully saturated rings. The number of fused-ring (bicyclic) bond motifs is 1. The Kier molecular flexibility index (Phi) is 6.94. The van der Waals surface area contributed by atoms with E-state index in [1.165, 1.54) is 10.9 Å². The highest BCUT2D eigenvalue weighted by Gasteiger charge is 2.26. The summed E-state index contributed by atoms with van der Waals surface area (Å²) in [6, 6.07) is 0. The molecular weight excluding hydrogens is 410 g/mol. The molecule has 1 saturated heterocycles. The van der Waals surface area contributed by atoms with Gasteiger partial charge in [-0.25, -0.2) is 13.4 Å². The quantitative estimate of drug-likeness (QED) is 0.629. The van der Waals surface area contributed by atoms with Gasteiger partial charge in [0.15, 0.2) is 0 Å². The van der Waals surface area contributed by atoms with Crippen LogP contribution in [0.4, 0.5) is 0 Å². The summed E-state index contributed by atoms with van der Waals surface area (Å²) in [5, 5.41) is 3.01. The van der Waals surface area contributed by atoms with Crippen molar-refractivity contribution < 1.29 is 17.6 Å². The van der Waals surface area contributed by atoms with Gasteiger partial charge < -0.3 is 14.3 Å². The number of nitrogens with zero attached hydrogens (tertiary/aromatic N) is 4. The number of rotatable bonds is 8. The summed E-state index contributed by atoms with van der Waals surface area (Å²) in [4.78, 5) is 31.2. The maximum absolute atomic E-state index is 12.7. The second kappa shape index (κ2) is 9.27. The van der Waals surface area contributed by atoms with Gasteiger partial charge in [-0.05, 0) is 13.3 Å². The summed E-state index contributed by atoms with van der Waals surface area (Å²) in [5.41, 5.74) is 0.0362. The van der Waals surface area contributed by atoms with Crippen LogP contribution in [-0.4, -0.2) is 78.1 Å². The minimum absolute atomic E-state index is 0.154. The normalized spacial score (nSPS) is 16.2. The lowest BCUT2D eigenvalue weighted by Crippen LogP contribution is -2.50. The fourth-order valence-electron chi connectivity index (χ4n) is 3.56. The van der Waals surface area contributed by atoms with Gasteiger partial charge >= 0.3 is 0 Å². The molecule has 2 aromatic heterocycles. The Balaban J connectivity index is 1.54. The van der Waals surface area contributed by atoms with Gasteiger partial charge in [0, 0.05) is 46.3 Å². The van der Waals surface area contributed by atoms with Crippen LogP contribution in [0.25, 0.3) is 11.1 Å². The SMILES string of the molecule is CCCCS(=O)(=O)N1CCN(CCNC(=O)c2c(C)oc3ncn(C)c(=O)c23)CC1. The summed E-state index contributed by atoms with van der Waals surface area (Å²) in [5.74, 6) is 0.174. The van der Waals surface area contributed by atoms with Gasteiger partial charge in [0.25, 0.3) is 11.5 Å². The highest BCUT2D eigenvalue weighted by atomic mass is 32.2. The molecule has 0 aliphatic carbocycles. The van der Waals surface area contributed by atoms with Crippen molar-refractivity contribution in [1.82, 2.24) is 24.1 Å². The van der Waals surface area contributed by atoms with Crippen molar-refractivity contribution >= 4 is 27.0 Å². The molecule has 2 aromatic rings. The van der Waals surface area contributed by atoms with Crippen molar-refractivity contribution in [2.75, 3.05) is 45.0 Å². The predicted octanol–water partition coefficient (Wildman–Crippen LogP) is 0.312. The van der Waals surface area contributed by atoms with E-state index in [4.69, 9.17) is 4.42 Å². The number of hydrogen-bond acceptors (Lipinski definition) is 7. The van der Waals surface area contributed by atoms with E-state index in [-0.39, 0.29) is 33.9 Å². The summed E-state index contributed by atoms with van der Waals surface area (Å²) in [6.07, 6.45) is 2.89. The lowest BCUT2D eigenvalue weighted by molar-refractivity contribution is 0.0945. The fraction of sp³-hybridized carbons (Fsp3) is 0.632. The number of carbonyl (C=O) groups is 1. The van der Waals surface area contributed by atoms with E-state index in [0.717, 1.165) is 6.42 Å². The maximum atomic E-state index is 12.7. The highest BCUT2D eigenvalue weighted by Crippen LogP contribution is 2.20. The molecule has 30 heavy (non-hydrogen) atoms. The zero-order valence-corrected chi connectivity index (χ0v) is 18.5. The van der Waals surface area contributed by atoms with Gasteiger partial charge in [-0.15, -0.1) is 0 Å². The topological polar surface area (TPSA) is 118 Å². The number of aryl methyl sites for hydroxylation is 2. The molecule has 1 N–H and O–H groups in total. The lowest BCUT2D eigenvalue weighted by atomic mass is 10.2. The number of sulfonamides is 1. The molecule has 0 unspecified atom stereocenters. The first-order valence-electron chi connectivity index (χ1n) is 10.2. The Hall–Kier alpha value is -2.24. The number of furan rings is 1. The third-order valence-corrected chi connectivity index (χ3v) is 7.33. The van der Waals surface area contributed by atoms with Gasteiger partial charge in [0.1, 0.15) is 17.5 Å². The first kappa shape index (κ1) is 22.4. The van der Waals surface area contributed by atoms with Crippen LogP contribution in [-0.2, 0) is 17.1 Å². The van der Waals surface area contributed by atoms with Crippen LogP contribution in [0.1, 0.15) is 35.9 Å². The minimum Gasteiger partial charge on any atom is -0.442 e. The molecule has 3 rings (SSSR count). The van der Waals surface area contributed by atoms with Crippen molar-refractivity contribution in [1.29, 1.82) is 0 Å². The van der Waals surface area contributed by atoms with E-state index >= 15 is 0 Å². The van der Waals surface area contributed by atoms with Gasteiger partial charge in [-0.2, -0.15) is 4.31 Å². The molecule has 10 nitrogen and oxygen atoms in total. The van der Waals surface area contributed by atoms with Crippen molar-refractivity contribution in [3.63, 3.8) is 0 Å². The number of piperazine rings is 1. The van der Waals surface area contributed by atoms with Crippen LogP contribution >= 0.6 is 0 Å². The largest absolute Gasteiger partial charge is 0.442 e. The van der Waals surface area contributed by atoms with Crippen LogP contribution in [0.15, 0.2) is 15.5 Å². The minimum atomic E-state index is -3.18. The summed E-state index contributed by atoms with van der Waals surface area (Å²) >= 11 is 0. The molecule has 0 atom stereocenters. The van der Waals surface area contributed by atoms with Gasteiger partial charge in [0.2, 0.25) is 15.7 Å². The van der Waals surface area contributed by atoms with Crippen molar-refractivity contribution in [3.05, 3.63) is 28.0 Å². The number of unbranched alkanes of at least 4 members (excludes halogenated alkanes) is 1. The molecule has 1 aliphatic heterocycles. The molecular formula is C19H29N5O5S.